The molecule has 0 aliphatic rings. The maximum absolute atomic E-state index is 11.5. The van der Waals surface area contributed by atoms with E-state index < -0.39 is 0 Å². The summed E-state index contributed by atoms with van der Waals surface area (Å²) in [6.07, 6.45) is 3.18. The van der Waals surface area contributed by atoms with E-state index in [0.717, 1.165) is 0 Å². The number of hydrogen-bond acceptors (Lipinski definition) is 3. The molecule has 0 aliphatic heterocycles. The molecule has 0 spiro atoms. The van der Waals surface area contributed by atoms with Crippen molar-refractivity contribution in [2.75, 3.05) is 11.1 Å². The van der Waals surface area contributed by atoms with E-state index in [1.165, 1.54) is 0 Å². The molecule has 78 valence electrons. The van der Waals surface area contributed by atoms with E-state index in [1.807, 2.05) is 0 Å². The summed E-state index contributed by atoms with van der Waals surface area (Å²) in [6.45, 7) is 5.21. The normalized spacial score (nSPS) is 10.9. The van der Waals surface area contributed by atoms with Crippen molar-refractivity contribution in [3.05, 3.63) is 42.5 Å². The maximum Gasteiger partial charge on any atom is 0.252 e. The number of nitrogens with one attached hydrogen (secondary N) is 1. The summed E-state index contributed by atoms with van der Waals surface area (Å²) < 4.78 is 0. The number of hydrogen-bond donors (Lipinski definition) is 2. The van der Waals surface area contributed by atoms with Crippen LogP contribution in [0.4, 0.5) is 11.6 Å². The van der Waals surface area contributed by atoms with Crippen LogP contribution in [0.1, 0.15) is 6.92 Å². The quantitative estimate of drug-likeness (QED) is 0.580. The van der Waals surface area contributed by atoms with E-state index in [9.17, 15) is 4.79 Å². The van der Waals surface area contributed by atoms with Gasteiger partial charge in [0.05, 0.1) is 0 Å². The number of nitrogens with two attached hydrogens (primary N) is 1. The molecule has 0 aliphatic carbocycles. The number of rotatable bonds is 3. The first-order chi connectivity index (χ1) is 7.13. The molecule has 0 atom stereocenters. The molecule has 0 bridgehead atoms. The van der Waals surface area contributed by atoms with E-state index >= 15 is 0 Å². The Labute approximate surface area is 88.5 Å². The Morgan fingerprint density at radius 1 is 1.60 bits per heavy atom. The van der Waals surface area contributed by atoms with Gasteiger partial charge in [-0.3, -0.25) is 4.79 Å². The van der Waals surface area contributed by atoms with Crippen LogP contribution in [-0.4, -0.2) is 10.9 Å². The molecule has 0 saturated carbocycles. The Kier molecular flexibility index (Phi) is 3.62. The first kappa shape index (κ1) is 11.0. The summed E-state index contributed by atoms with van der Waals surface area (Å²) in [5, 5.41) is 2.62. The van der Waals surface area contributed by atoms with Gasteiger partial charge in [0.2, 0.25) is 0 Å². The van der Waals surface area contributed by atoms with Gasteiger partial charge in [-0.15, -0.1) is 0 Å². The van der Waals surface area contributed by atoms with Gasteiger partial charge < -0.3 is 11.1 Å². The van der Waals surface area contributed by atoms with Gasteiger partial charge in [0.15, 0.2) is 0 Å². The highest BCUT2D eigenvalue weighted by Crippen LogP contribution is 2.07. The smallest absolute Gasteiger partial charge is 0.252 e. The maximum atomic E-state index is 11.5. The molecule has 0 unspecified atom stereocenters. The monoisotopic (exact) mass is 203 g/mol. The number of allylic oxidation sites excluding steroid dienone is 2. The van der Waals surface area contributed by atoms with Crippen LogP contribution in [0.3, 0.4) is 0 Å². The third kappa shape index (κ3) is 3.27. The van der Waals surface area contributed by atoms with Crippen LogP contribution in [-0.2, 0) is 4.79 Å². The van der Waals surface area contributed by atoms with Crippen molar-refractivity contribution >= 4 is 17.5 Å². The minimum Gasteiger partial charge on any atom is -0.384 e. The molecule has 1 amide bonds. The van der Waals surface area contributed by atoms with Gasteiger partial charge in [-0.2, -0.15) is 0 Å². The number of nitrogens with zero attached hydrogens (tertiary/aromatic N) is 1. The van der Waals surface area contributed by atoms with Crippen LogP contribution >= 0.6 is 0 Å². The van der Waals surface area contributed by atoms with Crippen LogP contribution in [0.15, 0.2) is 42.5 Å². The van der Waals surface area contributed by atoms with E-state index in [-0.39, 0.29) is 5.91 Å². The molecule has 3 N–H and O–H groups in total. The first-order valence-electron chi connectivity index (χ1n) is 4.46. The lowest BCUT2D eigenvalue weighted by atomic mass is 10.2. The lowest BCUT2D eigenvalue weighted by Gasteiger charge is -2.04. The van der Waals surface area contributed by atoms with Crippen LogP contribution in [0, 0.1) is 0 Å². The van der Waals surface area contributed by atoms with Gasteiger partial charge in [-0.1, -0.05) is 24.8 Å². The van der Waals surface area contributed by atoms with Crippen molar-refractivity contribution in [1.29, 1.82) is 0 Å². The summed E-state index contributed by atoms with van der Waals surface area (Å²) in [5.74, 6) is 0.600. The van der Waals surface area contributed by atoms with E-state index in [1.54, 1.807) is 37.3 Å². The van der Waals surface area contributed by atoms with Gasteiger partial charge in [0.25, 0.3) is 5.91 Å². The zero-order valence-electron chi connectivity index (χ0n) is 8.53. The SMILES string of the molecule is C=C/C=C(\C)C(=O)Nc1cccc(N)n1. The van der Waals surface area contributed by atoms with Crippen molar-refractivity contribution in [1.82, 2.24) is 4.98 Å². The molecule has 0 fully saturated rings. The average Bonchev–Trinajstić information content (AvgIpc) is 2.18. The van der Waals surface area contributed by atoms with Crippen molar-refractivity contribution < 1.29 is 4.79 Å². The largest absolute Gasteiger partial charge is 0.384 e. The van der Waals surface area contributed by atoms with Crippen LogP contribution < -0.4 is 11.1 Å². The number of amides is 1. The summed E-state index contributed by atoms with van der Waals surface area (Å²) in [5.41, 5.74) is 6.04. The highest BCUT2D eigenvalue weighted by Gasteiger charge is 2.04. The minimum absolute atomic E-state index is 0.215. The number of pyridine rings is 1. The van der Waals surface area contributed by atoms with E-state index in [4.69, 9.17) is 5.73 Å². The van der Waals surface area contributed by atoms with Crippen molar-refractivity contribution in [3.63, 3.8) is 0 Å². The average molecular weight is 203 g/mol. The Hall–Kier alpha value is -2.10. The van der Waals surface area contributed by atoms with Gasteiger partial charge >= 0.3 is 0 Å². The first-order valence-corrected chi connectivity index (χ1v) is 4.46. The third-order valence-corrected chi connectivity index (χ3v) is 1.74. The Balaban J connectivity index is 2.74. The zero-order chi connectivity index (χ0) is 11.3. The van der Waals surface area contributed by atoms with E-state index in [2.05, 4.69) is 16.9 Å². The molecule has 0 radical (unpaired) electrons. The lowest BCUT2D eigenvalue weighted by molar-refractivity contribution is -0.112. The molecule has 1 rings (SSSR count). The molecular formula is C11H13N3O. The van der Waals surface area contributed by atoms with Crippen LogP contribution in [0.25, 0.3) is 0 Å². The summed E-state index contributed by atoms with van der Waals surface area (Å²) in [4.78, 5) is 15.5. The third-order valence-electron chi connectivity index (χ3n) is 1.74. The van der Waals surface area contributed by atoms with Crippen molar-refractivity contribution in [2.24, 2.45) is 0 Å². The molecular weight excluding hydrogens is 190 g/mol. The summed E-state index contributed by atoms with van der Waals surface area (Å²) in [7, 11) is 0. The van der Waals surface area contributed by atoms with Crippen LogP contribution in [0.5, 0.6) is 0 Å². The highest BCUT2D eigenvalue weighted by atomic mass is 16.1. The standard InChI is InChI=1S/C11H13N3O/c1-3-5-8(2)11(15)14-10-7-4-6-9(12)13-10/h3-7H,1H2,2H3,(H3,12,13,14,15)/b8-5+. The highest BCUT2D eigenvalue weighted by molar-refractivity contribution is 6.02. The van der Waals surface area contributed by atoms with Gasteiger partial charge in [0, 0.05) is 5.57 Å². The predicted molar refractivity (Wildman–Crippen MR) is 61.2 cm³/mol. The second-order valence-corrected chi connectivity index (χ2v) is 2.99. The topological polar surface area (TPSA) is 68.0 Å². The molecule has 4 heteroatoms. The predicted octanol–water partition coefficient (Wildman–Crippen LogP) is 1.73. The molecule has 0 aromatic carbocycles. The van der Waals surface area contributed by atoms with Crippen molar-refractivity contribution in [3.8, 4) is 0 Å². The number of aromatic nitrogens is 1. The Bertz CT molecular complexity index is 410. The molecule has 1 aromatic heterocycles. The summed E-state index contributed by atoms with van der Waals surface area (Å²) >= 11 is 0. The molecule has 4 nitrogen and oxygen atoms in total. The number of carbonyl (C=O) groups excluding carboxylic acids is 1. The van der Waals surface area contributed by atoms with Crippen LogP contribution in [0.2, 0.25) is 0 Å². The zero-order valence-corrected chi connectivity index (χ0v) is 8.53. The fourth-order valence-electron chi connectivity index (χ4n) is 0.988. The Morgan fingerprint density at radius 3 is 2.93 bits per heavy atom. The van der Waals surface area contributed by atoms with E-state index in [0.29, 0.717) is 17.2 Å². The molecule has 15 heavy (non-hydrogen) atoms. The fraction of sp³-hybridized carbons (Fsp3) is 0.0909. The second-order valence-electron chi connectivity index (χ2n) is 2.99. The van der Waals surface area contributed by atoms with Gasteiger partial charge in [-0.05, 0) is 19.1 Å². The number of anilines is 2. The number of nitrogen functional groups attached to an aromatic ring is 1. The minimum atomic E-state index is -0.215. The lowest BCUT2D eigenvalue weighted by Crippen LogP contribution is -2.13. The van der Waals surface area contributed by atoms with Gasteiger partial charge in [-0.25, -0.2) is 4.98 Å². The summed E-state index contributed by atoms with van der Waals surface area (Å²) in [6, 6.07) is 5.06. The Morgan fingerprint density at radius 2 is 2.33 bits per heavy atom. The second kappa shape index (κ2) is 4.95. The molecule has 1 aromatic rings. The molecule has 0 saturated heterocycles. The van der Waals surface area contributed by atoms with Crippen molar-refractivity contribution in [2.45, 2.75) is 6.92 Å². The van der Waals surface area contributed by atoms with Gasteiger partial charge in [0.1, 0.15) is 11.6 Å². The number of carbonyl (C=O) groups is 1. The fourth-order valence-corrected chi connectivity index (χ4v) is 0.988. The molecule has 1 heterocycles.